The summed E-state index contributed by atoms with van der Waals surface area (Å²) in [6, 6.07) is 0. The number of aliphatic imine (C=N–C) groups is 1. The summed E-state index contributed by atoms with van der Waals surface area (Å²) in [6.07, 6.45) is 5.60. The number of sulfonamides is 1. The second-order valence-electron chi connectivity index (χ2n) is 6.44. The lowest BCUT2D eigenvalue weighted by Gasteiger charge is -2.22. The van der Waals surface area contributed by atoms with Crippen LogP contribution >= 0.6 is 11.8 Å². The van der Waals surface area contributed by atoms with Crippen molar-refractivity contribution in [3.63, 3.8) is 0 Å². The lowest BCUT2D eigenvalue weighted by molar-refractivity contribution is 0.0200. The fraction of sp³-hybridized carbons (Fsp3) is 0.938. The lowest BCUT2D eigenvalue weighted by Crippen LogP contribution is -2.42. The largest absolute Gasteiger partial charge is 0.377 e. The van der Waals surface area contributed by atoms with Crippen molar-refractivity contribution in [3.05, 3.63) is 0 Å². The van der Waals surface area contributed by atoms with Crippen LogP contribution in [0.15, 0.2) is 4.99 Å². The Morgan fingerprint density at radius 2 is 2.12 bits per heavy atom. The van der Waals surface area contributed by atoms with Crippen molar-refractivity contribution in [1.82, 2.24) is 15.4 Å². The highest BCUT2D eigenvalue weighted by molar-refractivity contribution is 8.00. The number of thioether (sulfide) groups is 1. The van der Waals surface area contributed by atoms with E-state index < -0.39 is 10.0 Å². The van der Waals surface area contributed by atoms with Crippen LogP contribution in [0.2, 0.25) is 0 Å². The summed E-state index contributed by atoms with van der Waals surface area (Å²) < 4.78 is 32.4. The third-order valence-electron chi connectivity index (χ3n) is 4.29. The summed E-state index contributed by atoms with van der Waals surface area (Å²) in [5.74, 6) is 1.95. The SMILES string of the molecule is CCNC(=NCC1CCCS1)NCCS(=O)(=O)NCC1CCCCO1. The van der Waals surface area contributed by atoms with Gasteiger partial charge in [-0.05, 0) is 44.8 Å². The topological polar surface area (TPSA) is 91.8 Å². The number of nitrogens with one attached hydrogen (secondary N) is 3. The van der Waals surface area contributed by atoms with E-state index in [0.717, 1.165) is 39.0 Å². The third kappa shape index (κ3) is 8.61. The van der Waals surface area contributed by atoms with Crippen LogP contribution in [0.3, 0.4) is 0 Å². The molecule has 2 aliphatic rings. The minimum Gasteiger partial charge on any atom is -0.377 e. The van der Waals surface area contributed by atoms with Gasteiger partial charge in [-0.2, -0.15) is 11.8 Å². The zero-order valence-electron chi connectivity index (χ0n) is 15.1. The number of hydrogen-bond donors (Lipinski definition) is 3. The third-order valence-corrected chi connectivity index (χ3v) is 7.02. The highest BCUT2D eigenvalue weighted by Gasteiger charge is 2.18. The molecule has 25 heavy (non-hydrogen) atoms. The maximum atomic E-state index is 12.1. The van der Waals surface area contributed by atoms with Gasteiger partial charge in [0.1, 0.15) is 0 Å². The summed E-state index contributed by atoms with van der Waals surface area (Å²) >= 11 is 1.97. The maximum Gasteiger partial charge on any atom is 0.213 e. The van der Waals surface area contributed by atoms with Gasteiger partial charge < -0.3 is 15.4 Å². The first-order valence-corrected chi connectivity index (χ1v) is 12.0. The molecule has 146 valence electrons. The van der Waals surface area contributed by atoms with Crippen molar-refractivity contribution in [1.29, 1.82) is 0 Å². The van der Waals surface area contributed by atoms with Crippen LogP contribution in [-0.4, -0.2) is 70.0 Å². The van der Waals surface area contributed by atoms with Crippen LogP contribution in [0.4, 0.5) is 0 Å². The van der Waals surface area contributed by atoms with Gasteiger partial charge in [-0.15, -0.1) is 0 Å². The van der Waals surface area contributed by atoms with Gasteiger partial charge in [0.15, 0.2) is 5.96 Å². The molecule has 0 aromatic carbocycles. The average molecular weight is 393 g/mol. The molecule has 0 bridgehead atoms. The van der Waals surface area contributed by atoms with Crippen LogP contribution in [-0.2, 0) is 14.8 Å². The molecule has 2 unspecified atom stereocenters. The Labute approximate surface area is 156 Å². The van der Waals surface area contributed by atoms with Crippen molar-refractivity contribution in [3.8, 4) is 0 Å². The summed E-state index contributed by atoms with van der Waals surface area (Å²) in [7, 11) is -3.30. The van der Waals surface area contributed by atoms with Gasteiger partial charge in [0.2, 0.25) is 10.0 Å². The van der Waals surface area contributed by atoms with E-state index in [0.29, 0.717) is 24.3 Å². The van der Waals surface area contributed by atoms with Crippen molar-refractivity contribution >= 4 is 27.7 Å². The van der Waals surface area contributed by atoms with Crippen molar-refractivity contribution in [2.75, 3.05) is 44.3 Å². The van der Waals surface area contributed by atoms with E-state index in [4.69, 9.17) is 4.74 Å². The summed E-state index contributed by atoms with van der Waals surface area (Å²) in [6.45, 7) is 4.98. The molecule has 0 spiro atoms. The maximum absolute atomic E-state index is 12.1. The van der Waals surface area contributed by atoms with Crippen LogP contribution < -0.4 is 15.4 Å². The van der Waals surface area contributed by atoms with Crippen molar-refractivity contribution < 1.29 is 13.2 Å². The predicted octanol–water partition coefficient (Wildman–Crippen LogP) is 0.926. The van der Waals surface area contributed by atoms with Gasteiger partial charge in [0, 0.05) is 31.5 Å². The van der Waals surface area contributed by atoms with Gasteiger partial charge in [-0.3, -0.25) is 4.99 Å². The Kier molecular flexibility index (Phi) is 9.36. The molecule has 2 heterocycles. The highest BCUT2D eigenvalue weighted by atomic mass is 32.2. The van der Waals surface area contributed by atoms with Crippen LogP contribution in [0, 0.1) is 0 Å². The van der Waals surface area contributed by atoms with Gasteiger partial charge >= 0.3 is 0 Å². The molecule has 0 radical (unpaired) electrons. The average Bonchev–Trinajstić information content (AvgIpc) is 3.12. The van der Waals surface area contributed by atoms with E-state index in [1.54, 1.807) is 0 Å². The number of hydrogen-bond acceptors (Lipinski definition) is 5. The van der Waals surface area contributed by atoms with E-state index in [2.05, 4.69) is 20.3 Å². The Hall–Kier alpha value is -0.510. The molecule has 7 nitrogen and oxygen atoms in total. The highest BCUT2D eigenvalue weighted by Crippen LogP contribution is 2.25. The summed E-state index contributed by atoms with van der Waals surface area (Å²) in [4.78, 5) is 4.57. The standard InChI is InChI=1S/C16H32N4O3S2/c1-2-17-16(19-13-15-7-5-10-24-15)18-8-11-25(21,22)20-12-14-6-3-4-9-23-14/h14-15,20H,2-13H2,1H3,(H2,17,18,19). The van der Waals surface area contributed by atoms with Crippen LogP contribution in [0.1, 0.15) is 39.0 Å². The van der Waals surface area contributed by atoms with Gasteiger partial charge in [0.25, 0.3) is 0 Å². The first-order valence-electron chi connectivity index (χ1n) is 9.32. The fourth-order valence-corrected chi connectivity index (χ4v) is 5.02. The molecule has 2 atom stereocenters. The molecule has 0 aromatic heterocycles. The predicted molar refractivity (Wildman–Crippen MR) is 105 cm³/mol. The molecule has 2 saturated heterocycles. The van der Waals surface area contributed by atoms with Gasteiger partial charge in [-0.25, -0.2) is 13.1 Å². The van der Waals surface area contributed by atoms with Crippen molar-refractivity contribution in [2.24, 2.45) is 4.99 Å². The zero-order valence-corrected chi connectivity index (χ0v) is 16.8. The molecule has 2 aliphatic heterocycles. The zero-order chi connectivity index (χ0) is 18.0. The molecule has 3 N–H and O–H groups in total. The molecule has 2 fully saturated rings. The van der Waals surface area contributed by atoms with Crippen LogP contribution in [0.5, 0.6) is 0 Å². The van der Waals surface area contributed by atoms with E-state index in [1.807, 2.05) is 18.7 Å². The molecule has 9 heteroatoms. The van der Waals surface area contributed by atoms with Crippen LogP contribution in [0.25, 0.3) is 0 Å². The monoisotopic (exact) mass is 392 g/mol. The summed E-state index contributed by atoms with van der Waals surface area (Å²) in [5, 5.41) is 6.88. The molecule has 0 amide bonds. The number of ether oxygens (including phenoxy) is 1. The van der Waals surface area contributed by atoms with E-state index >= 15 is 0 Å². The van der Waals surface area contributed by atoms with E-state index in [9.17, 15) is 8.42 Å². The molecular weight excluding hydrogens is 360 g/mol. The summed E-state index contributed by atoms with van der Waals surface area (Å²) in [5.41, 5.74) is 0. The lowest BCUT2D eigenvalue weighted by atomic mass is 10.1. The molecular formula is C16H32N4O3S2. The minimum atomic E-state index is -3.30. The number of guanidine groups is 1. The number of rotatable bonds is 9. The second-order valence-corrected chi connectivity index (χ2v) is 9.77. The van der Waals surface area contributed by atoms with Gasteiger partial charge in [-0.1, -0.05) is 0 Å². The second kappa shape index (κ2) is 11.3. The Morgan fingerprint density at radius 3 is 2.80 bits per heavy atom. The van der Waals surface area contributed by atoms with Crippen molar-refractivity contribution in [2.45, 2.75) is 50.4 Å². The quantitative estimate of drug-likeness (QED) is 0.399. The minimum absolute atomic E-state index is 0.0132. The Bertz CT molecular complexity index is 502. The molecule has 0 aliphatic carbocycles. The fourth-order valence-electron chi connectivity index (χ4n) is 2.89. The first kappa shape index (κ1) is 20.8. The Balaban J connectivity index is 1.68. The molecule has 2 rings (SSSR count). The first-order chi connectivity index (χ1) is 12.1. The molecule has 0 saturated carbocycles. The Morgan fingerprint density at radius 1 is 1.24 bits per heavy atom. The normalized spacial score (nSPS) is 25.1. The van der Waals surface area contributed by atoms with E-state index in [1.165, 1.54) is 18.6 Å². The number of nitrogens with zero attached hydrogens (tertiary/aromatic N) is 1. The molecule has 0 aromatic rings. The van der Waals surface area contributed by atoms with E-state index in [-0.39, 0.29) is 11.9 Å². The smallest absolute Gasteiger partial charge is 0.213 e. The van der Waals surface area contributed by atoms with Gasteiger partial charge in [0.05, 0.1) is 18.4 Å².